The van der Waals surface area contributed by atoms with Crippen molar-refractivity contribution in [2.24, 2.45) is 0 Å². The lowest BCUT2D eigenvalue weighted by Crippen LogP contribution is -2.40. The predicted octanol–water partition coefficient (Wildman–Crippen LogP) is 3.15. The van der Waals surface area contributed by atoms with Gasteiger partial charge in [0.2, 0.25) is 0 Å². The highest BCUT2D eigenvalue weighted by molar-refractivity contribution is 5.91. The lowest BCUT2D eigenvalue weighted by molar-refractivity contribution is 0.202. The molecule has 2 aromatic carbocycles. The molecule has 0 spiro atoms. The zero-order chi connectivity index (χ0) is 24.0. The number of carbonyl (C=O) groups excluding carboxylic acids is 1. The highest BCUT2D eigenvalue weighted by Gasteiger charge is 2.18. The number of methoxy groups -OCH3 is 3. The van der Waals surface area contributed by atoms with Crippen LogP contribution in [0.3, 0.4) is 0 Å². The summed E-state index contributed by atoms with van der Waals surface area (Å²) in [5, 5.41) is 3.67. The highest BCUT2D eigenvalue weighted by Crippen LogP contribution is 2.31. The number of hydrogen-bond donors (Lipinski definition) is 2. The molecule has 9 nitrogen and oxygen atoms in total. The van der Waals surface area contributed by atoms with Crippen molar-refractivity contribution < 1.29 is 19.0 Å². The third-order valence-corrected chi connectivity index (χ3v) is 5.24. The fourth-order valence-electron chi connectivity index (χ4n) is 3.42. The Morgan fingerprint density at radius 1 is 0.939 bits per heavy atom. The Morgan fingerprint density at radius 3 is 2.27 bits per heavy atom. The van der Waals surface area contributed by atoms with Crippen LogP contribution >= 0.6 is 0 Å². The molecule has 0 atom stereocenters. The molecule has 0 aliphatic heterocycles. The number of nitrogens with zero attached hydrogens (tertiary/aromatic N) is 2. The number of ether oxygens (including phenoxy) is 3. The number of anilines is 1. The molecule has 2 amide bonds. The Labute approximate surface area is 192 Å². The fourth-order valence-corrected chi connectivity index (χ4v) is 3.42. The van der Waals surface area contributed by atoms with Crippen LogP contribution in [0.4, 0.5) is 10.5 Å². The number of aromatic nitrogens is 1. The molecule has 9 heteroatoms. The Kier molecular flexibility index (Phi) is 7.78. The van der Waals surface area contributed by atoms with Gasteiger partial charge in [-0.1, -0.05) is 12.1 Å². The van der Waals surface area contributed by atoms with E-state index >= 15 is 0 Å². The number of carbonyl (C=O) groups is 1. The van der Waals surface area contributed by atoms with Gasteiger partial charge in [-0.3, -0.25) is 4.79 Å². The van der Waals surface area contributed by atoms with E-state index in [0.717, 1.165) is 5.39 Å². The average molecular weight is 455 g/mol. The van der Waals surface area contributed by atoms with Crippen LogP contribution in [0.15, 0.2) is 47.3 Å². The summed E-state index contributed by atoms with van der Waals surface area (Å²) < 4.78 is 16.0. The first-order chi connectivity index (χ1) is 15.9. The van der Waals surface area contributed by atoms with Crippen molar-refractivity contribution in [3.05, 3.63) is 58.4 Å². The van der Waals surface area contributed by atoms with Crippen molar-refractivity contribution in [3.63, 3.8) is 0 Å². The molecule has 2 N–H and O–H groups in total. The summed E-state index contributed by atoms with van der Waals surface area (Å²) in [6.45, 7) is 1.20. The molecule has 1 aromatic heterocycles. The summed E-state index contributed by atoms with van der Waals surface area (Å²) in [6, 6.07) is 12.2. The van der Waals surface area contributed by atoms with Gasteiger partial charge in [-0.2, -0.15) is 0 Å². The van der Waals surface area contributed by atoms with Crippen LogP contribution in [-0.4, -0.2) is 69.3 Å². The lowest BCUT2D eigenvalue weighted by atomic mass is 10.1. The average Bonchev–Trinajstić information content (AvgIpc) is 2.81. The molecule has 1 heterocycles. The van der Waals surface area contributed by atoms with Crippen LogP contribution in [-0.2, 0) is 6.54 Å². The van der Waals surface area contributed by atoms with Gasteiger partial charge in [-0.05, 0) is 38.4 Å². The van der Waals surface area contributed by atoms with Gasteiger partial charge in [-0.15, -0.1) is 0 Å². The second kappa shape index (κ2) is 10.7. The minimum absolute atomic E-state index is 0.133. The topological polar surface area (TPSA) is 96.1 Å². The minimum atomic E-state index is -0.326. The zero-order valence-corrected chi connectivity index (χ0v) is 19.6. The molecule has 0 aliphatic rings. The molecule has 0 fully saturated rings. The van der Waals surface area contributed by atoms with Crippen molar-refractivity contribution >= 4 is 22.6 Å². The standard InChI is InChI=1S/C24H30N4O5/c1-27(2)10-11-28(24(30)26-18-8-6-7-9-20(18)31-3)15-17-12-16-13-21(32-4)22(33-5)14-19(16)25-23(17)29/h6-9,12-14H,10-11,15H2,1-5H3,(H,25,29)(H,26,30). The van der Waals surface area contributed by atoms with Crippen molar-refractivity contribution in [3.8, 4) is 17.2 Å². The van der Waals surface area contributed by atoms with Gasteiger partial charge in [0.25, 0.3) is 5.56 Å². The number of urea groups is 1. The maximum atomic E-state index is 13.1. The van der Waals surface area contributed by atoms with E-state index in [1.54, 1.807) is 56.6 Å². The highest BCUT2D eigenvalue weighted by atomic mass is 16.5. The van der Waals surface area contributed by atoms with Gasteiger partial charge >= 0.3 is 6.03 Å². The molecule has 33 heavy (non-hydrogen) atoms. The summed E-state index contributed by atoms with van der Waals surface area (Å²) >= 11 is 0. The van der Waals surface area contributed by atoms with Gasteiger partial charge in [-0.25, -0.2) is 4.79 Å². The van der Waals surface area contributed by atoms with Crippen molar-refractivity contribution in [1.82, 2.24) is 14.8 Å². The normalized spacial score (nSPS) is 10.8. The fraction of sp³-hybridized carbons (Fsp3) is 0.333. The van der Waals surface area contributed by atoms with Crippen molar-refractivity contribution in [2.75, 3.05) is 53.8 Å². The Balaban J connectivity index is 1.92. The molecule has 176 valence electrons. The van der Waals surface area contributed by atoms with E-state index < -0.39 is 0 Å². The van der Waals surface area contributed by atoms with E-state index in [1.165, 1.54) is 0 Å². The van der Waals surface area contributed by atoms with Crippen LogP contribution in [0.1, 0.15) is 5.56 Å². The molecule has 0 bridgehead atoms. The smallest absolute Gasteiger partial charge is 0.322 e. The van der Waals surface area contributed by atoms with Gasteiger partial charge in [0, 0.05) is 30.1 Å². The van der Waals surface area contributed by atoms with Crippen LogP contribution in [0.2, 0.25) is 0 Å². The number of fused-ring (bicyclic) bond motifs is 1. The van der Waals surface area contributed by atoms with Crippen LogP contribution in [0, 0.1) is 0 Å². The van der Waals surface area contributed by atoms with Gasteiger partial charge in [0.05, 0.1) is 39.1 Å². The largest absolute Gasteiger partial charge is 0.495 e. The summed E-state index contributed by atoms with van der Waals surface area (Å²) in [5.74, 6) is 1.64. The molecular formula is C24H30N4O5. The summed E-state index contributed by atoms with van der Waals surface area (Å²) in [5.41, 5.74) is 1.38. The third-order valence-electron chi connectivity index (χ3n) is 5.24. The summed E-state index contributed by atoms with van der Waals surface area (Å²) in [7, 11) is 8.50. The number of benzene rings is 2. The lowest BCUT2D eigenvalue weighted by Gasteiger charge is -2.25. The molecule has 0 saturated carbocycles. The maximum Gasteiger partial charge on any atom is 0.322 e. The molecule has 0 unspecified atom stereocenters. The second-order valence-corrected chi connectivity index (χ2v) is 7.77. The number of likely N-dealkylation sites (N-methyl/N-ethyl adjacent to an activating group) is 1. The molecule has 0 radical (unpaired) electrons. The Morgan fingerprint density at radius 2 is 1.61 bits per heavy atom. The van der Waals surface area contributed by atoms with E-state index in [4.69, 9.17) is 14.2 Å². The van der Waals surface area contributed by atoms with Gasteiger partial charge < -0.3 is 34.3 Å². The maximum absolute atomic E-state index is 13.1. The Hall–Kier alpha value is -3.72. The van der Waals surface area contributed by atoms with E-state index in [-0.39, 0.29) is 18.1 Å². The number of rotatable bonds is 9. The predicted molar refractivity (Wildman–Crippen MR) is 129 cm³/mol. The number of nitrogens with one attached hydrogen (secondary N) is 2. The quantitative estimate of drug-likeness (QED) is 0.516. The van der Waals surface area contributed by atoms with E-state index in [2.05, 4.69) is 10.3 Å². The molecule has 3 rings (SSSR count). The van der Waals surface area contributed by atoms with E-state index in [9.17, 15) is 9.59 Å². The minimum Gasteiger partial charge on any atom is -0.495 e. The SMILES string of the molecule is COc1ccccc1NC(=O)N(CCN(C)C)Cc1cc2cc(OC)c(OC)cc2[nH]c1=O. The van der Waals surface area contributed by atoms with Crippen LogP contribution in [0.5, 0.6) is 17.2 Å². The summed E-state index contributed by atoms with van der Waals surface area (Å²) in [6.07, 6.45) is 0. The molecule has 0 aliphatic carbocycles. The summed E-state index contributed by atoms with van der Waals surface area (Å²) in [4.78, 5) is 32.4. The third kappa shape index (κ3) is 5.75. The molecular weight excluding hydrogens is 424 g/mol. The number of para-hydroxylation sites is 2. The van der Waals surface area contributed by atoms with Crippen LogP contribution < -0.4 is 25.1 Å². The first-order valence-electron chi connectivity index (χ1n) is 10.5. The van der Waals surface area contributed by atoms with E-state index in [1.807, 2.05) is 31.1 Å². The van der Waals surface area contributed by atoms with E-state index in [0.29, 0.717) is 47.1 Å². The monoisotopic (exact) mass is 454 g/mol. The van der Waals surface area contributed by atoms with Crippen molar-refractivity contribution in [2.45, 2.75) is 6.54 Å². The molecule has 3 aromatic rings. The first-order valence-corrected chi connectivity index (χ1v) is 10.5. The second-order valence-electron chi connectivity index (χ2n) is 7.77. The number of aromatic amines is 1. The van der Waals surface area contributed by atoms with Crippen LogP contribution in [0.25, 0.3) is 10.9 Å². The number of amides is 2. The number of hydrogen-bond acceptors (Lipinski definition) is 6. The Bertz CT molecular complexity index is 1180. The van der Waals surface area contributed by atoms with Gasteiger partial charge in [0.15, 0.2) is 11.5 Å². The first kappa shape index (κ1) is 23.9. The number of pyridine rings is 1. The number of H-pyrrole nitrogens is 1. The van der Waals surface area contributed by atoms with Crippen molar-refractivity contribution in [1.29, 1.82) is 0 Å². The zero-order valence-electron chi connectivity index (χ0n) is 19.6. The van der Waals surface area contributed by atoms with Gasteiger partial charge in [0.1, 0.15) is 5.75 Å². The molecule has 0 saturated heterocycles.